The summed E-state index contributed by atoms with van der Waals surface area (Å²) in [7, 11) is 1.98. The molecule has 2 aromatic rings. The van der Waals surface area contributed by atoms with Crippen LogP contribution < -0.4 is 16.0 Å². The molecule has 1 aromatic heterocycles. The summed E-state index contributed by atoms with van der Waals surface area (Å²) in [6.45, 7) is 6.69. The molecule has 144 valence electrons. The van der Waals surface area contributed by atoms with Crippen LogP contribution in [0.3, 0.4) is 0 Å². The first-order valence-electron chi connectivity index (χ1n) is 9.31. The van der Waals surface area contributed by atoms with Gasteiger partial charge in [-0.3, -0.25) is 4.98 Å². The van der Waals surface area contributed by atoms with Crippen LogP contribution in [0.2, 0.25) is 0 Å². The lowest BCUT2D eigenvalue weighted by molar-refractivity contribution is 0.481. The van der Waals surface area contributed by atoms with Gasteiger partial charge >= 0.3 is 0 Å². The number of fused-ring (bicyclic) bond motifs is 1. The molecule has 0 fully saturated rings. The summed E-state index contributed by atoms with van der Waals surface area (Å²) in [6, 6.07) is 8.69. The molecule has 1 aliphatic rings. The van der Waals surface area contributed by atoms with Crippen molar-refractivity contribution in [3.63, 3.8) is 0 Å². The second-order valence-electron chi connectivity index (χ2n) is 8.04. The van der Waals surface area contributed by atoms with E-state index in [0.29, 0.717) is 6.04 Å². The SMILES string of the molecule is CNc1c(NC(=S)SCC(C)(C)C)ccc2c1CCC2Nc1cccnc1. The number of nitrogens with zero attached hydrogens (tertiary/aromatic N) is 1. The van der Waals surface area contributed by atoms with E-state index in [9.17, 15) is 0 Å². The van der Waals surface area contributed by atoms with Crippen LogP contribution in [0.1, 0.15) is 44.4 Å². The second kappa shape index (κ2) is 8.48. The number of hydrogen-bond donors (Lipinski definition) is 3. The summed E-state index contributed by atoms with van der Waals surface area (Å²) in [4.78, 5) is 4.20. The zero-order valence-electron chi connectivity index (χ0n) is 16.4. The van der Waals surface area contributed by atoms with E-state index < -0.39 is 0 Å². The lowest BCUT2D eigenvalue weighted by atomic mass is 10.0. The smallest absolute Gasteiger partial charge is 0.138 e. The molecule has 4 nitrogen and oxygen atoms in total. The fourth-order valence-electron chi connectivity index (χ4n) is 3.32. The Morgan fingerprint density at radius 3 is 2.78 bits per heavy atom. The van der Waals surface area contributed by atoms with Crippen molar-refractivity contribution >= 4 is 45.4 Å². The minimum absolute atomic E-state index is 0.255. The van der Waals surface area contributed by atoms with Gasteiger partial charge in [0.15, 0.2) is 0 Å². The van der Waals surface area contributed by atoms with Crippen LogP contribution in [-0.4, -0.2) is 22.1 Å². The van der Waals surface area contributed by atoms with Gasteiger partial charge in [0.2, 0.25) is 0 Å². The number of thiocarbonyl (C=S) groups is 1. The molecule has 1 unspecified atom stereocenters. The molecule has 6 heteroatoms. The number of hydrogen-bond acceptors (Lipinski definition) is 5. The average molecular weight is 401 g/mol. The molecule has 0 saturated carbocycles. The molecule has 1 atom stereocenters. The molecule has 0 amide bonds. The molecule has 3 N–H and O–H groups in total. The van der Waals surface area contributed by atoms with Crippen LogP contribution >= 0.6 is 24.0 Å². The van der Waals surface area contributed by atoms with Gasteiger partial charge < -0.3 is 16.0 Å². The highest BCUT2D eigenvalue weighted by atomic mass is 32.2. The standard InChI is InChI=1S/C21H28N4S2/c1-21(2,3)13-27-20(26)25-18-10-7-15-16(19(18)22-4)8-9-17(15)24-14-6-5-11-23-12-14/h5-7,10-12,17,22,24H,8-9,13H2,1-4H3,(H,25,26). The van der Waals surface area contributed by atoms with Crippen molar-refractivity contribution in [1.82, 2.24) is 4.98 Å². The van der Waals surface area contributed by atoms with Crippen molar-refractivity contribution in [1.29, 1.82) is 0 Å². The van der Waals surface area contributed by atoms with Crippen molar-refractivity contribution in [2.45, 2.75) is 39.7 Å². The van der Waals surface area contributed by atoms with Gasteiger partial charge in [-0.25, -0.2) is 0 Å². The number of nitrogens with one attached hydrogen (secondary N) is 3. The van der Waals surface area contributed by atoms with E-state index in [-0.39, 0.29) is 5.41 Å². The van der Waals surface area contributed by atoms with E-state index >= 15 is 0 Å². The predicted molar refractivity (Wildman–Crippen MR) is 123 cm³/mol. The fourth-order valence-corrected chi connectivity index (χ4v) is 4.35. The third-order valence-corrected chi connectivity index (χ3v) is 6.36. The Kier molecular flexibility index (Phi) is 6.27. The van der Waals surface area contributed by atoms with Crippen molar-refractivity contribution < 1.29 is 0 Å². The van der Waals surface area contributed by atoms with Crippen LogP contribution in [0.5, 0.6) is 0 Å². The summed E-state index contributed by atoms with van der Waals surface area (Å²) < 4.78 is 0.824. The first-order valence-corrected chi connectivity index (χ1v) is 10.7. The van der Waals surface area contributed by atoms with Gasteiger partial charge in [-0.15, -0.1) is 0 Å². The van der Waals surface area contributed by atoms with Gasteiger partial charge in [0.25, 0.3) is 0 Å². The van der Waals surface area contributed by atoms with E-state index in [1.165, 1.54) is 11.1 Å². The largest absolute Gasteiger partial charge is 0.386 e. The summed E-state index contributed by atoms with van der Waals surface area (Å²) >= 11 is 7.26. The minimum Gasteiger partial charge on any atom is -0.386 e. The molecule has 1 aliphatic carbocycles. The Balaban J connectivity index is 1.75. The zero-order valence-corrected chi connectivity index (χ0v) is 18.1. The summed E-state index contributed by atoms with van der Waals surface area (Å²) in [5.41, 5.74) is 6.25. The molecule has 0 saturated heterocycles. The number of rotatable bonds is 5. The van der Waals surface area contributed by atoms with Crippen LogP contribution in [0, 0.1) is 5.41 Å². The van der Waals surface area contributed by atoms with Gasteiger partial charge in [0, 0.05) is 25.2 Å². The molecule has 3 rings (SSSR count). The lowest BCUT2D eigenvalue weighted by Gasteiger charge is -2.20. The average Bonchev–Trinajstić information content (AvgIpc) is 3.03. The summed E-state index contributed by atoms with van der Waals surface area (Å²) in [5.74, 6) is 0.996. The highest BCUT2D eigenvalue weighted by Crippen LogP contribution is 2.41. The molecular weight excluding hydrogens is 372 g/mol. The Bertz CT molecular complexity index is 800. The van der Waals surface area contributed by atoms with Crippen molar-refractivity contribution in [3.8, 4) is 0 Å². The van der Waals surface area contributed by atoms with Gasteiger partial charge in [0.1, 0.15) is 4.32 Å². The Morgan fingerprint density at radius 2 is 2.11 bits per heavy atom. The van der Waals surface area contributed by atoms with Crippen molar-refractivity contribution in [2.75, 3.05) is 28.8 Å². The first kappa shape index (κ1) is 20.0. The lowest BCUT2D eigenvalue weighted by Crippen LogP contribution is -2.14. The van der Waals surface area contributed by atoms with Crippen LogP contribution in [0.4, 0.5) is 17.1 Å². The minimum atomic E-state index is 0.255. The Morgan fingerprint density at radius 1 is 1.30 bits per heavy atom. The van der Waals surface area contributed by atoms with E-state index in [0.717, 1.165) is 40.0 Å². The highest BCUT2D eigenvalue weighted by Gasteiger charge is 2.26. The number of benzene rings is 1. The topological polar surface area (TPSA) is 49.0 Å². The Labute approximate surface area is 171 Å². The van der Waals surface area contributed by atoms with Crippen molar-refractivity contribution in [2.24, 2.45) is 5.41 Å². The molecule has 0 aliphatic heterocycles. The predicted octanol–water partition coefficient (Wildman–Crippen LogP) is 5.70. The zero-order chi connectivity index (χ0) is 19.4. The monoisotopic (exact) mass is 400 g/mol. The van der Waals surface area contributed by atoms with Crippen LogP contribution in [-0.2, 0) is 6.42 Å². The maximum absolute atomic E-state index is 5.55. The van der Waals surface area contributed by atoms with Crippen LogP contribution in [0.15, 0.2) is 36.7 Å². The van der Waals surface area contributed by atoms with E-state index in [4.69, 9.17) is 12.2 Å². The molecular formula is C21H28N4S2. The highest BCUT2D eigenvalue weighted by molar-refractivity contribution is 8.23. The molecule has 1 aromatic carbocycles. The molecule has 0 bridgehead atoms. The fraction of sp³-hybridized carbons (Fsp3) is 0.429. The maximum Gasteiger partial charge on any atom is 0.138 e. The van der Waals surface area contributed by atoms with Gasteiger partial charge in [-0.2, -0.15) is 0 Å². The number of pyridine rings is 1. The maximum atomic E-state index is 5.55. The third kappa shape index (κ3) is 5.14. The van der Waals surface area contributed by atoms with E-state index in [1.807, 2.05) is 19.3 Å². The first-order chi connectivity index (χ1) is 12.9. The molecule has 0 radical (unpaired) electrons. The molecule has 27 heavy (non-hydrogen) atoms. The van der Waals surface area contributed by atoms with Gasteiger partial charge in [0.05, 0.1) is 23.1 Å². The van der Waals surface area contributed by atoms with Crippen LogP contribution in [0.25, 0.3) is 0 Å². The molecule has 1 heterocycles. The third-order valence-electron chi connectivity index (χ3n) is 4.53. The normalized spacial score (nSPS) is 15.9. The number of aromatic nitrogens is 1. The van der Waals surface area contributed by atoms with Crippen molar-refractivity contribution in [3.05, 3.63) is 47.8 Å². The van der Waals surface area contributed by atoms with E-state index in [2.05, 4.69) is 59.9 Å². The summed E-state index contributed by atoms with van der Waals surface area (Å²) in [6.07, 6.45) is 5.79. The van der Waals surface area contributed by atoms with Gasteiger partial charge in [-0.05, 0) is 47.6 Å². The number of anilines is 3. The second-order valence-corrected chi connectivity index (χ2v) is 9.70. The molecule has 0 spiro atoms. The Hall–Kier alpha value is -1.79. The quantitative estimate of drug-likeness (QED) is 0.560. The number of thioether (sulfide) groups is 1. The van der Waals surface area contributed by atoms with E-state index in [1.54, 1.807) is 18.0 Å². The summed E-state index contributed by atoms with van der Waals surface area (Å²) in [5, 5.41) is 10.4. The van der Waals surface area contributed by atoms with Gasteiger partial charge in [-0.1, -0.05) is 50.8 Å².